The summed E-state index contributed by atoms with van der Waals surface area (Å²) in [6.07, 6.45) is 4.03. The molecule has 1 heterocycles. The van der Waals surface area contributed by atoms with Gasteiger partial charge in [0.25, 0.3) is 0 Å². The van der Waals surface area contributed by atoms with Crippen molar-refractivity contribution in [2.24, 2.45) is 10.3 Å². The maximum Gasteiger partial charge on any atom is 0.144 e. The van der Waals surface area contributed by atoms with Crippen LogP contribution >= 0.6 is 0 Å². The predicted octanol–water partition coefficient (Wildman–Crippen LogP) is 2.74. The lowest BCUT2D eigenvalue weighted by Gasteiger charge is -2.19. The molecule has 0 radical (unpaired) electrons. The van der Waals surface area contributed by atoms with Crippen LogP contribution in [-0.2, 0) is 11.4 Å². The highest BCUT2D eigenvalue weighted by molar-refractivity contribution is 7.91. The van der Waals surface area contributed by atoms with Crippen LogP contribution in [0, 0.1) is 5.92 Å². The molecule has 1 aliphatic rings. The number of nitrogens with zero attached hydrogens (tertiary/aromatic N) is 2. The Labute approximate surface area is 106 Å². The van der Waals surface area contributed by atoms with Crippen molar-refractivity contribution in [1.82, 2.24) is 4.98 Å². The van der Waals surface area contributed by atoms with Gasteiger partial charge < -0.3 is 4.55 Å². The second-order valence-electron chi connectivity index (χ2n) is 5.33. The summed E-state index contributed by atoms with van der Waals surface area (Å²) in [5.41, 5.74) is 1.78. The summed E-state index contributed by atoms with van der Waals surface area (Å²) in [5.74, 6) is 0.455. The zero-order valence-corrected chi connectivity index (χ0v) is 11.3. The SMILES string of the molecule is CC(C)(C)[S+]([O-])N=C(c1ccccn1)C1CC1. The van der Waals surface area contributed by atoms with Crippen molar-refractivity contribution in [3.8, 4) is 0 Å². The number of hydrogen-bond donors (Lipinski definition) is 0. The van der Waals surface area contributed by atoms with Crippen molar-refractivity contribution in [3.63, 3.8) is 0 Å². The Morgan fingerprint density at radius 2 is 2.12 bits per heavy atom. The van der Waals surface area contributed by atoms with Crippen molar-refractivity contribution in [1.29, 1.82) is 0 Å². The molecule has 0 spiro atoms. The Kier molecular flexibility index (Phi) is 3.54. The quantitative estimate of drug-likeness (QED) is 0.611. The maximum atomic E-state index is 12.1. The topological polar surface area (TPSA) is 48.3 Å². The van der Waals surface area contributed by atoms with E-state index in [1.807, 2.05) is 39.0 Å². The summed E-state index contributed by atoms with van der Waals surface area (Å²) < 4.78 is 16.2. The van der Waals surface area contributed by atoms with Crippen molar-refractivity contribution >= 4 is 17.1 Å². The highest BCUT2D eigenvalue weighted by Crippen LogP contribution is 2.34. The molecule has 1 aromatic rings. The smallest absolute Gasteiger partial charge is 0.144 e. The van der Waals surface area contributed by atoms with Crippen LogP contribution in [0.5, 0.6) is 0 Å². The van der Waals surface area contributed by atoms with Crippen LogP contribution < -0.4 is 0 Å². The standard InChI is InChI=1S/C13H18N2OS/c1-13(2,3)17(16)15-12(10-7-8-10)11-6-4-5-9-14-11/h4-6,9-10H,7-8H2,1-3H3. The molecule has 0 aliphatic heterocycles. The second-order valence-corrected chi connectivity index (χ2v) is 7.23. The zero-order chi connectivity index (χ0) is 12.5. The summed E-state index contributed by atoms with van der Waals surface area (Å²) >= 11 is -1.20. The first-order valence-electron chi connectivity index (χ1n) is 5.90. The second kappa shape index (κ2) is 4.78. The van der Waals surface area contributed by atoms with E-state index in [-0.39, 0.29) is 4.75 Å². The van der Waals surface area contributed by atoms with Crippen LogP contribution in [0.3, 0.4) is 0 Å². The molecule has 92 valence electrons. The molecule has 1 fully saturated rings. The van der Waals surface area contributed by atoms with E-state index in [4.69, 9.17) is 0 Å². The van der Waals surface area contributed by atoms with E-state index in [2.05, 4.69) is 9.38 Å². The van der Waals surface area contributed by atoms with Gasteiger partial charge in [0, 0.05) is 12.1 Å². The van der Waals surface area contributed by atoms with Gasteiger partial charge in [-0.15, -0.1) is 0 Å². The summed E-state index contributed by atoms with van der Waals surface area (Å²) in [7, 11) is 0. The fraction of sp³-hybridized carbons (Fsp3) is 0.538. The van der Waals surface area contributed by atoms with E-state index in [9.17, 15) is 4.55 Å². The molecule has 0 bridgehead atoms. The van der Waals surface area contributed by atoms with E-state index in [1.165, 1.54) is 0 Å². The molecule has 1 unspecified atom stereocenters. The van der Waals surface area contributed by atoms with Crippen LogP contribution in [0.2, 0.25) is 0 Å². The van der Waals surface area contributed by atoms with Gasteiger partial charge in [-0.05, 0) is 45.7 Å². The third-order valence-corrected chi connectivity index (χ3v) is 4.01. The average Bonchev–Trinajstić information content (AvgIpc) is 3.09. The highest BCUT2D eigenvalue weighted by Gasteiger charge is 2.34. The summed E-state index contributed by atoms with van der Waals surface area (Å²) in [6.45, 7) is 5.82. The Balaban J connectivity index is 2.27. The third kappa shape index (κ3) is 3.30. The predicted molar refractivity (Wildman–Crippen MR) is 71.4 cm³/mol. The van der Waals surface area contributed by atoms with E-state index in [0.717, 1.165) is 24.2 Å². The summed E-state index contributed by atoms with van der Waals surface area (Å²) in [4.78, 5) is 4.31. The molecule has 3 nitrogen and oxygen atoms in total. The molecule has 0 saturated heterocycles. The molecule has 0 N–H and O–H groups in total. The third-order valence-electron chi connectivity index (χ3n) is 2.60. The number of hydrogen-bond acceptors (Lipinski definition) is 3. The minimum atomic E-state index is -1.20. The van der Waals surface area contributed by atoms with E-state index >= 15 is 0 Å². The Bertz CT molecular complexity index is 407. The maximum absolute atomic E-state index is 12.1. The molecule has 1 aromatic heterocycles. The number of rotatable bonds is 3. The zero-order valence-electron chi connectivity index (χ0n) is 10.5. The summed E-state index contributed by atoms with van der Waals surface area (Å²) in [5, 5.41) is 0. The van der Waals surface area contributed by atoms with Crippen molar-refractivity contribution in [3.05, 3.63) is 30.1 Å². The summed E-state index contributed by atoms with van der Waals surface area (Å²) in [6, 6.07) is 5.77. The van der Waals surface area contributed by atoms with Crippen LogP contribution in [0.4, 0.5) is 0 Å². The van der Waals surface area contributed by atoms with Gasteiger partial charge in [0.1, 0.15) is 21.8 Å². The molecule has 4 heteroatoms. The Morgan fingerprint density at radius 3 is 2.59 bits per heavy atom. The lowest BCUT2D eigenvalue weighted by Crippen LogP contribution is -2.27. The molecule has 17 heavy (non-hydrogen) atoms. The lowest BCUT2D eigenvalue weighted by molar-refractivity contribution is 0.561. The van der Waals surface area contributed by atoms with Gasteiger partial charge in [-0.3, -0.25) is 4.98 Å². The van der Waals surface area contributed by atoms with Gasteiger partial charge >= 0.3 is 0 Å². The van der Waals surface area contributed by atoms with E-state index in [0.29, 0.717) is 5.92 Å². The van der Waals surface area contributed by atoms with Crippen molar-refractivity contribution in [2.75, 3.05) is 0 Å². The number of aromatic nitrogens is 1. The molecule has 1 aliphatic carbocycles. The Hall–Kier alpha value is -0.870. The first kappa shape index (κ1) is 12.6. The van der Waals surface area contributed by atoms with Gasteiger partial charge in [-0.1, -0.05) is 10.5 Å². The molecule has 2 rings (SSSR count). The number of pyridine rings is 1. The minimum absolute atomic E-state index is 0.311. The highest BCUT2D eigenvalue weighted by atomic mass is 32.2. The van der Waals surface area contributed by atoms with Crippen LogP contribution in [0.25, 0.3) is 0 Å². The van der Waals surface area contributed by atoms with Gasteiger partial charge in [-0.2, -0.15) is 0 Å². The fourth-order valence-corrected chi connectivity index (χ4v) is 2.12. The van der Waals surface area contributed by atoms with Gasteiger partial charge in [0.05, 0.1) is 5.69 Å². The average molecular weight is 250 g/mol. The minimum Gasteiger partial charge on any atom is -0.591 e. The largest absolute Gasteiger partial charge is 0.591 e. The van der Waals surface area contributed by atoms with Gasteiger partial charge in [0.15, 0.2) is 0 Å². The van der Waals surface area contributed by atoms with E-state index in [1.54, 1.807) is 6.20 Å². The van der Waals surface area contributed by atoms with E-state index < -0.39 is 11.4 Å². The monoisotopic (exact) mass is 250 g/mol. The van der Waals surface area contributed by atoms with Crippen LogP contribution in [-0.4, -0.2) is 20.0 Å². The Morgan fingerprint density at radius 1 is 1.41 bits per heavy atom. The van der Waals surface area contributed by atoms with Crippen LogP contribution in [0.1, 0.15) is 39.3 Å². The molecule has 1 saturated carbocycles. The molecular weight excluding hydrogens is 232 g/mol. The normalized spacial score (nSPS) is 19.2. The van der Waals surface area contributed by atoms with Gasteiger partial charge in [0.2, 0.25) is 0 Å². The molecular formula is C13H18N2OS. The molecule has 0 amide bonds. The van der Waals surface area contributed by atoms with Crippen molar-refractivity contribution in [2.45, 2.75) is 38.4 Å². The fourth-order valence-electron chi connectivity index (χ4n) is 1.43. The van der Waals surface area contributed by atoms with Crippen LogP contribution in [0.15, 0.2) is 28.8 Å². The first-order valence-corrected chi connectivity index (χ1v) is 7.01. The first-order chi connectivity index (χ1) is 7.98. The molecule has 1 atom stereocenters. The van der Waals surface area contributed by atoms with Gasteiger partial charge in [-0.25, -0.2) is 0 Å². The molecule has 0 aromatic carbocycles. The van der Waals surface area contributed by atoms with Crippen molar-refractivity contribution < 1.29 is 4.55 Å². The lowest BCUT2D eigenvalue weighted by atomic mass is 10.2.